The van der Waals surface area contributed by atoms with Crippen molar-refractivity contribution >= 4 is 11.1 Å². The topological polar surface area (TPSA) is 38.5 Å². The molecule has 0 unspecified atom stereocenters. The number of hydrogen-bond acceptors (Lipinski definition) is 4. The lowest BCUT2D eigenvalue weighted by molar-refractivity contribution is 0.268. The molecular weight excluding hydrogens is 336 g/mol. The average Bonchev–Trinajstić information content (AvgIpc) is 3.11. The van der Waals surface area contributed by atoms with E-state index in [-0.39, 0.29) is 6.08 Å². The van der Waals surface area contributed by atoms with Crippen molar-refractivity contribution in [3.8, 4) is 11.8 Å². The molecule has 0 aliphatic rings. The fourth-order valence-corrected chi connectivity index (χ4v) is 3.11. The van der Waals surface area contributed by atoms with Gasteiger partial charge in [0.1, 0.15) is 11.3 Å². The van der Waals surface area contributed by atoms with E-state index in [2.05, 4.69) is 35.9 Å². The molecule has 3 aromatic rings. The summed E-state index contributed by atoms with van der Waals surface area (Å²) in [7, 11) is 0. The van der Waals surface area contributed by atoms with E-state index in [9.17, 15) is 0 Å². The number of fused-ring (bicyclic) bond motifs is 1. The summed E-state index contributed by atoms with van der Waals surface area (Å²) in [6, 6.07) is 15.9. The molecule has 0 amide bonds. The zero-order chi connectivity index (χ0) is 18.9. The number of para-hydroxylation sites is 2. The molecule has 0 atom stereocenters. The first kappa shape index (κ1) is 19.4. The van der Waals surface area contributed by atoms with Crippen LogP contribution in [-0.2, 0) is 6.42 Å². The van der Waals surface area contributed by atoms with E-state index in [4.69, 9.17) is 9.15 Å². The molecule has 144 valence electrons. The van der Waals surface area contributed by atoms with Gasteiger partial charge in [0.05, 0.1) is 0 Å². The Balaban J connectivity index is 1.54. The van der Waals surface area contributed by atoms with Crippen molar-refractivity contribution in [3.63, 3.8) is 0 Å². The van der Waals surface area contributed by atoms with Gasteiger partial charge in [0, 0.05) is 6.54 Å². The number of ether oxygens (including phenoxy) is 1. The van der Waals surface area contributed by atoms with Crippen molar-refractivity contribution in [1.29, 1.82) is 0 Å². The van der Waals surface area contributed by atoms with Crippen LogP contribution in [-0.4, -0.2) is 29.5 Å². The summed E-state index contributed by atoms with van der Waals surface area (Å²) in [6.07, 6.45) is 6.42. The van der Waals surface area contributed by atoms with Crippen molar-refractivity contribution in [2.45, 2.75) is 46.0 Å². The monoisotopic (exact) mass is 366 g/mol. The van der Waals surface area contributed by atoms with Crippen molar-refractivity contribution in [3.05, 3.63) is 54.1 Å². The number of aromatic nitrogens is 1. The van der Waals surface area contributed by atoms with Gasteiger partial charge in [-0.3, -0.25) is 0 Å². The number of benzene rings is 2. The third kappa shape index (κ3) is 5.83. The van der Waals surface area contributed by atoms with Gasteiger partial charge in [-0.25, -0.2) is 0 Å². The molecule has 0 radical (unpaired) electrons. The van der Waals surface area contributed by atoms with Crippen LogP contribution in [0.3, 0.4) is 0 Å². The lowest BCUT2D eigenvalue weighted by Gasteiger charge is -2.21. The van der Waals surface area contributed by atoms with Gasteiger partial charge in [-0.2, -0.15) is 4.98 Å². The van der Waals surface area contributed by atoms with Crippen LogP contribution in [0.25, 0.3) is 11.1 Å². The van der Waals surface area contributed by atoms with Gasteiger partial charge in [-0.1, -0.05) is 51.0 Å². The van der Waals surface area contributed by atoms with Gasteiger partial charge in [0.2, 0.25) is 0 Å². The fourth-order valence-electron chi connectivity index (χ4n) is 3.11. The Morgan fingerprint density at radius 1 is 0.889 bits per heavy atom. The predicted octanol–water partition coefficient (Wildman–Crippen LogP) is 6.06. The Labute approximate surface area is 162 Å². The van der Waals surface area contributed by atoms with E-state index in [1.807, 2.05) is 36.4 Å². The highest BCUT2D eigenvalue weighted by atomic mass is 16.6. The standard InChI is InChI=1S/C23H30N2O2/c1-3-5-16-25(17-6-4-2)18-15-19-11-13-20(14-12-19)26-23-24-21-9-7-8-10-22(21)27-23/h7-14H,3-6,15-18H2,1-2H3. The zero-order valence-corrected chi connectivity index (χ0v) is 16.5. The minimum Gasteiger partial charge on any atom is -0.411 e. The molecule has 0 spiro atoms. The molecule has 0 aliphatic carbocycles. The van der Waals surface area contributed by atoms with Gasteiger partial charge < -0.3 is 14.1 Å². The molecule has 0 saturated heterocycles. The Morgan fingerprint density at radius 2 is 1.59 bits per heavy atom. The van der Waals surface area contributed by atoms with Crippen LogP contribution in [0.2, 0.25) is 0 Å². The average molecular weight is 367 g/mol. The van der Waals surface area contributed by atoms with E-state index >= 15 is 0 Å². The normalized spacial score (nSPS) is 11.4. The Hall–Kier alpha value is -2.33. The maximum absolute atomic E-state index is 5.76. The third-order valence-electron chi connectivity index (χ3n) is 4.78. The Morgan fingerprint density at radius 3 is 2.26 bits per heavy atom. The summed E-state index contributed by atoms with van der Waals surface area (Å²) >= 11 is 0. The van der Waals surface area contributed by atoms with Gasteiger partial charge >= 0.3 is 6.08 Å². The summed E-state index contributed by atoms with van der Waals surface area (Å²) in [5, 5.41) is 0. The van der Waals surface area contributed by atoms with Crippen molar-refractivity contribution in [1.82, 2.24) is 9.88 Å². The van der Waals surface area contributed by atoms with Crippen LogP contribution in [0, 0.1) is 0 Å². The maximum atomic E-state index is 5.76. The van der Waals surface area contributed by atoms with Crippen LogP contribution < -0.4 is 4.74 Å². The molecule has 2 aromatic carbocycles. The molecule has 1 heterocycles. The molecule has 0 aliphatic heterocycles. The minimum absolute atomic E-state index is 0.286. The van der Waals surface area contributed by atoms with Gasteiger partial charge in [0.15, 0.2) is 5.58 Å². The van der Waals surface area contributed by atoms with E-state index < -0.39 is 0 Å². The second-order valence-corrected chi connectivity index (χ2v) is 6.99. The van der Waals surface area contributed by atoms with Gasteiger partial charge in [0.25, 0.3) is 0 Å². The minimum atomic E-state index is 0.286. The summed E-state index contributed by atoms with van der Waals surface area (Å²) in [5.74, 6) is 0.749. The molecule has 0 bridgehead atoms. The third-order valence-corrected chi connectivity index (χ3v) is 4.78. The van der Waals surface area contributed by atoms with Crippen LogP contribution in [0.1, 0.15) is 45.1 Å². The van der Waals surface area contributed by atoms with Gasteiger partial charge in [-0.15, -0.1) is 0 Å². The quantitative estimate of drug-likeness (QED) is 0.413. The van der Waals surface area contributed by atoms with E-state index in [0.29, 0.717) is 0 Å². The number of hydrogen-bond donors (Lipinski definition) is 0. The summed E-state index contributed by atoms with van der Waals surface area (Å²) in [5.41, 5.74) is 2.88. The zero-order valence-electron chi connectivity index (χ0n) is 16.5. The van der Waals surface area contributed by atoms with Crippen molar-refractivity contribution in [2.75, 3.05) is 19.6 Å². The molecule has 4 nitrogen and oxygen atoms in total. The van der Waals surface area contributed by atoms with Crippen LogP contribution >= 0.6 is 0 Å². The summed E-state index contributed by atoms with van der Waals surface area (Å²) < 4.78 is 11.4. The summed E-state index contributed by atoms with van der Waals surface area (Å²) in [6.45, 7) is 8.04. The molecular formula is C23H30N2O2. The smallest absolute Gasteiger partial charge is 0.400 e. The second-order valence-electron chi connectivity index (χ2n) is 6.99. The molecule has 4 heteroatoms. The van der Waals surface area contributed by atoms with Crippen molar-refractivity contribution in [2.24, 2.45) is 0 Å². The van der Waals surface area contributed by atoms with Gasteiger partial charge in [-0.05, 0) is 62.2 Å². The first-order valence-corrected chi connectivity index (χ1v) is 10.1. The maximum Gasteiger partial charge on any atom is 0.400 e. The Bertz CT molecular complexity index is 770. The second kappa shape index (κ2) is 10.1. The Kier molecular flexibility index (Phi) is 7.28. The molecule has 3 rings (SSSR count). The van der Waals surface area contributed by atoms with E-state index in [1.54, 1.807) is 0 Å². The first-order chi connectivity index (χ1) is 13.3. The van der Waals surface area contributed by atoms with Crippen LogP contribution in [0.15, 0.2) is 52.9 Å². The fraction of sp³-hybridized carbons (Fsp3) is 0.435. The van der Waals surface area contributed by atoms with Crippen LogP contribution in [0.4, 0.5) is 0 Å². The van der Waals surface area contributed by atoms with Crippen molar-refractivity contribution < 1.29 is 9.15 Å². The predicted molar refractivity (Wildman–Crippen MR) is 110 cm³/mol. The highest BCUT2D eigenvalue weighted by Gasteiger charge is 2.08. The highest BCUT2D eigenvalue weighted by Crippen LogP contribution is 2.25. The SMILES string of the molecule is CCCCN(CCCC)CCc1ccc(Oc2nc3ccccc3o2)cc1. The molecule has 0 N–H and O–H groups in total. The largest absolute Gasteiger partial charge is 0.411 e. The molecule has 0 saturated carbocycles. The molecule has 1 aromatic heterocycles. The number of oxazole rings is 1. The number of rotatable bonds is 11. The lowest BCUT2D eigenvalue weighted by atomic mass is 10.1. The van der Waals surface area contributed by atoms with Crippen LogP contribution in [0.5, 0.6) is 11.8 Å². The highest BCUT2D eigenvalue weighted by molar-refractivity contribution is 5.72. The molecule has 0 fully saturated rings. The lowest BCUT2D eigenvalue weighted by Crippen LogP contribution is -2.28. The number of unbranched alkanes of at least 4 members (excludes halogenated alkanes) is 2. The first-order valence-electron chi connectivity index (χ1n) is 10.1. The number of nitrogens with zero attached hydrogens (tertiary/aromatic N) is 2. The van der Waals surface area contributed by atoms with E-state index in [1.165, 1.54) is 44.3 Å². The molecule has 27 heavy (non-hydrogen) atoms. The van der Waals surface area contributed by atoms with E-state index in [0.717, 1.165) is 29.8 Å². The summed E-state index contributed by atoms with van der Waals surface area (Å²) in [4.78, 5) is 6.94.